The van der Waals surface area contributed by atoms with E-state index in [0.717, 1.165) is 26.8 Å². The van der Waals surface area contributed by atoms with Crippen LogP contribution in [0.3, 0.4) is 0 Å². The van der Waals surface area contributed by atoms with E-state index < -0.39 is 0 Å². The first kappa shape index (κ1) is 14.0. The fourth-order valence-electron chi connectivity index (χ4n) is 2.18. The Balaban J connectivity index is 2.18. The van der Waals surface area contributed by atoms with Crippen LogP contribution < -0.4 is 0 Å². The Labute approximate surface area is 136 Å². The summed E-state index contributed by atoms with van der Waals surface area (Å²) >= 11 is 2.19. The zero-order valence-electron chi connectivity index (χ0n) is 11.5. The molecule has 0 fully saturated rings. The van der Waals surface area contributed by atoms with Crippen LogP contribution in [0, 0.1) is 10.5 Å². The van der Waals surface area contributed by atoms with Gasteiger partial charge in [0.1, 0.15) is 11.4 Å². The molecule has 1 heterocycles. The third-order valence-corrected chi connectivity index (χ3v) is 4.36. The standard InChI is InChI=1S/C17H13IN2O/c1-12-7-9-13(10-8-12)17-16(18)15(11-21)20(19-17)14-5-3-2-4-6-14/h2-11H,1H3. The zero-order valence-corrected chi connectivity index (χ0v) is 13.6. The van der Waals surface area contributed by atoms with Crippen LogP contribution in [0.4, 0.5) is 0 Å². The summed E-state index contributed by atoms with van der Waals surface area (Å²) in [7, 11) is 0. The quantitative estimate of drug-likeness (QED) is 0.496. The number of aldehydes is 1. The van der Waals surface area contributed by atoms with Crippen LogP contribution in [-0.2, 0) is 0 Å². The summed E-state index contributed by atoms with van der Waals surface area (Å²) in [4.78, 5) is 11.5. The van der Waals surface area contributed by atoms with Crippen molar-refractivity contribution >= 4 is 28.9 Å². The number of aromatic nitrogens is 2. The van der Waals surface area contributed by atoms with Crippen LogP contribution in [0.25, 0.3) is 16.9 Å². The second kappa shape index (κ2) is 5.81. The third-order valence-electron chi connectivity index (χ3n) is 3.30. The Morgan fingerprint density at radius 2 is 1.71 bits per heavy atom. The second-order valence-corrected chi connectivity index (χ2v) is 5.86. The third kappa shape index (κ3) is 2.63. The average molecular weight is 388 g/mol. The fourth-order valence-corrected chi connectivity index (χ4v) is 2.95. The molecule has 2 aromatic carbocycles. The molecule has 0 aliphatic rings. The number of hydrogen-bond donors (Lipinski definition) is 0. The monoisotopic (exact) mass is 388 g/mol. The molecule has 0 unspecified atom stereocenters. The number of carbonyl (C=O) groups is 1. The van der Waals surface area contributed by atoms with Crippen molar-refractivity contribution in [3.05, 3.63) is 69.4 Å². The van der Waals surface area contributed by atoms with Crippen LogP contribution in [0.5, 0.6) is 0 Å². The molecule has 0 bridgehead atoms. The molecule has 3 rings (SSSR count). The minimum atomic E-state index is 0.581. The SMILES string of the molecule is Cc1ccc(-c2nn(-c3ccccc3)c(C=O)c2I)cc1. The van der Waals surface area contributed by atoms with E-state index in [1.54, 1.807) is 4.68 Å². The van der Waals surface area contributed by atoms with E-state index in [1.165, 1.54) is 5.56 Å². The van der Waals surface area contributed by atoms with E-state index in [2.05, 4.69) is 27.7 Å². The molecule has 3 aromatic rings. The smallest absolute Gasteiger partial charge is 0.169 e. The summed E-state index contributed by atoms with van der Waals surface area (Å²) in [6.07, 6.45) is 0.861. The summed E-state index contributed by atoms with van der Waals surface area (Å²) < 4.78 is 2.57. The van der Waals surface area contributed by atoms with Crippen molar-refractivity contribution in [3.63, 3.8) is 0 Å². The van der Waals surface area contributed by atoms with Crippen LogP contribution in [0.2, 0.25) is 0 Å². The summed E-state index contributed by atoms with van der Waals surface area (Å²) in [5, 5.41) is 4.63. The van der Waals surface area contributed by atoms with Gasteiger partial charge in [0.25, 0.3) is 0 Å². The molecule has 104 valence electrons. The average Bonchev–Trinajstić information content (AvgIpc) is 2.86. The molecular weight excluding hydrogens is 375 g/mol. The Morgan fingerprint density at radius 1 is 1.05 bits per heavy atom. The number of aryl methyl sites for hydroxylation is 1. The lowest BCUT2D eigenvalue weighted by Gasteiger charge is -2.02. The van der Waals surface area contributed by atoms with Gasteiger partial charge in [0.2, 0.25) is 0 Å². The van der Waals surface area contributed by atoms with Gasteiger partial charge >= 0.3 is 0 Å². The summed E-state index contributed by atoms with van der Waals surface area (Å²) in [5.74, 6) is 0. The van der Waals surface area contributed by atoms with E-state index in [4.69, 9.17) is 0 Å². The van der Waals surface area contributed by atoms with Gasteiger partial charge in [-0.15, -0.1) is 0 Å². The van der Waals surface area contributed by atoms with Crippen LogP contribution >= 0.6 is 22.6 Å². The van der Waals surface area contributed by atoms with Gasteiger partial charge in [-0.05, 0) is 41.6 Å². The van der Waals surface area contributed by atoms with Gasteiger partial charge < -0.3 is 0 Å². The number of hydrogen-bond acceptors (Lipinski definition) is 2. The molecule has 0 atom stereocenters. The summed E-state index contributed by atoms with van der Waals surface area (Å²) in [6, 6.07) is 17.9. The number of carbonyl (C=O) groups excluding carboxylic acids is 1. The second-order valence-electron chi connectivity index (χ2n) is 4.78. The van der Waals surface area contributed by atoms with E-state index >= 15 is 0 Å². The predicted octanol–water partition coefficient (Wildman–Crippen LogP) is 4.26. The number of rotatable bonds is 3. The van der Waals surface area contributed by atoms with Crippen LogP contribution in [0.1, 0.15) is 16.1 Å². The molecule has 0 saturated heterocycles. The topological polar surface area (TPSA) is 34.9 Å². The fraction of sp³-hybridized carbons (Fsp3) is 0.0588. The minimum Gasteiger partial charge on any atom is -0.296 e. The van der Waals surface area contributed by atoms with Crippen molar-refractivity contribution in [2.24, 2.45) is 0 Å². The van der Waals surface area contributed by atoms with Crippen molar-refractivity contribution in [1.29, 1.82) is 0 Å². The first-order chi connectivity index (χ1) is 10.2. The van der Waals surface area contributed by atoms with Crippen molar-refractivity contribution in [3.8, 4) is 16.9 Å². The zero-order chi connectivity index (χ0) is 14.8. The highest BCUT2D eigenvalue weighted by Crippen LogP contribution is 2.28. The van der Waals surface area contributed by atoms with Crippen molar-refractivity contribution in [2.45, 2.75) is 6.92 Å². The number of halogens is 1. The first-order valence-electron chi connectivity index (χ1n) is 6.57. The van der Waals surface area contributed by atoms with Crippen molar-refractivity contribution in [2.75, 3.05) is 0 Å². The molecule has 0 saturated carbocycles. The number of para-hydroxylation sites is 1. The molecule has 21 heavy (non-hydrogen) atoms. The lowest BCUT2D eigenvalue weighted by molar-refractivity contribution is 0.111. The Kier molecular flexibility index (Phi) is 3.88. The lowest BCUT2D eigenvalue weighted by Crippen LogP contribution is -2.01. The normalized spacial score (nSPS) is 10.6. The largest absolute Gasteiger partial charge is 0.296 e. The predicted molar refractivity (Wildman–Crippen MR) is 91.8 cm³/mol. The molecule has 0 N–H and O–H groups in total. The number of benzene rings is 2. The van der Waals surface area contributed by atoms with Gasteiger partial charge in [0.15, 0.2) is 6.29 Å². The van der Waals surface area contributed by atoms with E-state index in [9.17, 15) is 4.79 Å². The van der Waals surface area contributed by atoms with Gasteiger partial charge in [0, 0.05) is 5.56 Å². The summed E-state index contributed by atoms with van der Waals surface area (Å²) in [5.41, 5.74) is 4.52. The molecule has 0 aliphatic heterocycles. The Bertz CT molecular complexity index is 777. The molecule has 0 amide bonds. The van der Waals surface area contributed by atoms with Gasteiger partial charge in [-0.3, -0.25) is 4.79 Å². The van der Waals surface area contributed by atoms with Gasteiger partial charge in [-0.25, -0.2) is 4.68 Å². The van der Waals surface area contributed by atoms with Gasteiger partial charge in [-0.1, -0.05) is 48.0 Å². The number of nitrogens with zero attached hydrogens (tertiary/aromatic N) is 2. The maximum Gasteiger partial charge on any atom is 0.169 e. The highest BCUT2D eigenvalue weighted by molar-refractivity contribution is 14.1. The van der Waals surface area contributed by atoms with E-state index in [-0.39, 0.29) is 0 Å². The Morgan fingerprint density at radius 3 is 2.33 bits per heavy atom. The molecule has 0 spiro atoms. The van der Waals surface area contributed by atoms with Gasteiger partial charge in [-0.2, -0.15) is 5.10 Å². The van der Waals surface area contributed by atoms with Crippen molar-refractivity contribution < 1.29 is 4.79 Å². The Hall–Kier alpha value is -1.95. The van der Waals surface area contributed by atoms with E-state index in [1.807, 2.05) is 61.5 Å². The molecule has 3 nitrogen and oxygen atoms in total. The molecule has 4 heteroatoms. The highest BCUT2D eigenvalue weighted by atomic mass is 127. The maximum absolute atomic E-state index is 11.5. The molecule has 0 radical (unpaired) electrons. The molecule has 0 aliphatic carbocycles. The summed E-state index contributed by atoms with van der Waals surface area (Å²) in [6.45, 7) is 2.05. The van der Waals surface area contributed by atoms with E-state index in [0.29, 0.717) is 5.69 Å². The van der Waals surface area contributed by atoms with Gasteiger partial charge in [0.05, 0.1) is 9.26 Å². The molecule has 1 aromatic heterocycles. The first-order valence-corrected chi connectivity index (χ1v) is 7.64. The van der Waals surface area contributed by atoms with Crippen molar-refractivity contribution in [1.82, 2.24) is 9.78 Å². The van der Waals surface area contributed by atoms with Crippen LogP contribution in [-0.4, -0.2) is 16.1 Å². The highest BCUT2D eigenvalue weighted by Gasteiger charge is 2.17. The lowest BCUT2D eigenvalue weighted by atomic mass is 10.1. The maximum atomic E-state index is 11.5. The van der Waals surface area contributed by atoms with Crippen LogP contribution in [0.15, 0.2) is 54.6 Å². The minimum absolute atomic E-state index is 0.581. The molecular formula is C17H13IN2O.